The molecule has 3 fully saturated rings. The van der Waals surface area contributed by atoms with Gasteiger partial charge in [0.1, 0.15) is 0 Å². The first kappa shape index (κ1) is 27.4. The van der Waals surface area contributed by atoms with Crippen LogP contribution in [0.4, 0.5) is 0 Å². The minimum absolute atomic E-state index is 0. The maximum Gasteiger partial charge on any atom is 0.181 e. The molecule has 0 radical (unpaired) electrons. The summed E-state index contributed by atoms with van der Waals surface area (Å²) in [5, 5.41) is 8.88. The molecule has 3 aromatic heterocycles. The lowest BCUT2D eigenvalue weighted by Gasteiger charge is -2.56. The standard InChI is InChI=1S/C38H39N5O2.H2/c1-2-34(25-13-16-44-17-14-25)36(39-15-1)26-4-6-27(7-5-26)37-35-19-30(21-40-38(35)42-41-37)29-8-3-24-9-11-31(12-10-28(24)18-29)43-32-20-33(43)23-45-22-32;/h1-8,15,18-19,21,25,31-33H,9-14,16-17,20,22-23H2,(H,40,41,42);1H/t31-,32?,33?;/m0./s1. The Bertz CT molecular complexity index is 1840. The molecule has 45 heavy (non-hydrogen) atoms. The summed E-state index contributed by atoms with van der Waals surface area (Å²) < 4.78 is 11.4. The molecule has 4 aliphatic rings. The smallest absolute Gasteiger partial charge is 0.181 e. The molecule has 7 nitrogen and oxygen atoms in total. The lowest BCUT2D eigenvalue weighted by molar-refractivity contribution is -0.148. The van der Waals surface area contributed by atoms with Crippen LogP contribution in [0.1, 0.15) is 56.1 Å². The Morgan fingerprint density at radius 2 is 1.51 bits per heavy atom. The van der Waals surface area contributed by atoms with E-state index in [-0.39, 0.29) is 1.43 Å². The number of rotatable bonds is 5. The van der Waals surface area contributed by atoms with E-state index < -0.39 is 0 Å². The summed E-state index contributed by atoms with van der Waals surface area (Å²) in [7, 11) is 0. The van der Waals surface area contributed by atoms with E-state index >= 15 is 0 Å². The minimum atomic E-state index is 0. The number of benzene rings is 2. The average molecular weight is 600 g/mol. The van der Waals surface area contributed by atoms with Gasteiger partial charge < -0.3 is 9.47 Å². The molecule has 2 unspecified atom stereocenters. The molecular weight excluding hydrogens is 558 g/mol. The van der Waals surface area contributed by atoms with Crippen LogP contribution in [0.5, 0.6) is 0 Å². The first-order valence-electron chi connectivity index (χ1n) is 16.7. The van der Waals surface area contributed by atoms with Crippen molar-refractivity contribution in [3.8, 4) is 33.6 Å². The molecule has 3 saturated heterocycles. The largest absolute Gasteiger partial charge is 0.381 e. The van der Waals surface area contributed by atoms with Crippen molar-refractivity contribution in [1.82, 2.24) is 25.1 Å². The number of hydrogen-bond donors (Lipinski definition) is 1. The van der Waals surface area contributed by atoms with Crippen molar-refractivity contribution in [1.29, 1.82) is 0 Å². The molecule has 0 saturated carbocycles. The van der Waals surface area contributed by atoms with Gasteiger partial charge in [-0.3, -0.25) is 15.0 Å². The number of aromatic amines is 1. The van der Waals surface area contributed by atoms with Gasteiger partial charge in [-0.2, -0.15) is 5.10 Å². The second-order valence-corrected chi connectivity index (χ2v) is 13.3. The van der Waals surface area contributed by atoms with Gasteiger partial charge in [0.2, 0.25) is 0 Å². The molecule has 3 aliphatic heterocycles. The molecule has 1 N–H and O–H groups in total. The van der Waals surface area contributed by atoms with Crippen LogP contribution in [-0.4, -0.2) is 69.6 Å². The fraction of sp³-hybridized carbons (Fsp3) is 0.395. The monoisotopic (exact) mass is 599 g/mol. The Kier molecular flexibility index (Phi) is 6.98. The summed E-state index contributed by atoms with van der Waals surface area (Å²) in [4.78, 5) is 12.4. The molecule has 3 atom stereocenters. The molecular formula is C38H41N5O2. The Morgan fingerprint density at radius 3 is 2.33 bits per heavy atom. The van der Waals surface area contributed by atoms with E-state index in [0.717, 1.165) is 91.2 Å². The highest BCUT2D eigenvalue weighted by molar-refractivity contribution is 5.93. The van der Waals surface area contributed by atoms with E-state index in [1.54, 1.807) is 0 Å². The topological polar surface area (TPSA) is 76.2 Å². The van der Waals surface area contributed by atoms with Gasteiger partial charge >= 0.3 is 0 Å². The summed E-state index contributed by atoms with van der Waals surface area (Å²) >= 11 is 0. The van der Waals surface area contributed by atoms with E-state index in [2.05, 4.69) is 75.8 Å². The average Bonchev–Trinajstić information content (AvgIpc) is 3.43. The number of hydrogen-bond acceptors (Lipinski definition) is 6. The zero-order valence-electron chi connectivity index (χ0n) is 25.6. The van der Waals surface area contributed by atoms with Crippen molar-refractivity contribution in [2.75, 3.05) is 26.4 Å². The van der Waals surface area contributed by atoms with Crippen LogP contribution in [0.3, 0.4) is 0 Å². The van der Waals surface area contributed by atoms with E-state index in [4.69, 9.17) is 19.4 Å². The predicted molar refractivity (Wildman–Crippen MR) is 178 cm³/mol. The van der Waals surface area contributed by atoms with Gasteiger partial charge in [0.25, 0.3) is 0 Å². The van der Waals surface area contributed by atoms with Crippen molar-refractivity contribution in [3.05, 3.63) is 89.7 Å². The third kappa shape index (κ3) is 4.98. The Hall–Kier alpha value is -3.91. The van der Waals surface area contributed by atoms with Crippen LogP contribution < -0.4 is 0 Å². The van der Waals surface area contributed by atoms with Gasteiger partial charge in [-0.1, -0.05) is 48.5 Å². The number of pyridine rings is 2. The number of fused-ring (bicyclic) bond motifs is 4. The first-order valence-corrected chi connectivity index (χ1v) is 16.7. The predicted octanol–water partition coefficient (Wildman–Crippen LogP) is 7.21. The minimum Gasteiger partial charge on any atom is -0.381 e. The normalized spacial score (nSPS) is 23.8. The van der Waals surface area contributed by atoms with Crippen LogP contribution in [0.2, 0.25) is 0 Å². The van der Waals surface area contributed by atoms with Crippen molar-refractivity contribution >= 4 is 11.0 Å². The zero-order chi connectivity index (χ0) is 29.7. The first-order chi connectivity index (χ1) is 22.3. The number of H-pyrrole nitrogens is 1. The number of ether oxygens (including phenoxy) is 2. The van der Waals surface area contributed by atoms with Crippen LogP contribution >= 0.6 is 0 Å². The van der Waals surface area contributed by atoms with Gasteiger partial charge in [-0.05, 0) is 85.3 Å². The van der Waals surface area contributed by atoms with Gasteiger partial charge in [0, 0.05) is 67.2 Å². The molecule has 6 heterocycles. The molecule has 230 valence electrons. The maximum atomic E-state index is 5.76. The molecule has 0 amide bonds. The number of aromatic nitrogens is 4. The van der Waals surface area contributed by atoms with E-state index in [1.165, 1.54) is 41.5 Å². The van der Waals surface area contributed by atoms with Crippen molar-refractivity contribution < 1.29 is 10.9 Å². The van der Waals surface area contributed by atoms with Gasteiger partial charge in [0.15, 0.2) is 5.65 Å². The summed E-state index contributed by atoms with van der Waals surface area (Å²) in [6.45, 7) is 3.48. The number of nitrogens with one attached hydrogen (secondary N) is 1. The highest BCUT2D eigenvalue weighted by atomic mass is 16.5. The number of morpholine rings is 1. The van der Waals surface area contributed by atoms with Crippen molar-refractivity contribution in [2.45, 2.75) is 69.0 Å². The molecule has 9 rings (SSSR count). The lowest BCUT2D eigenvalue weighted by atomic mass is 9.87. The maximum absolute atomic E-state index is 5.76. The van der Waals surface area contributed by atoms with Crippen molar-refractivity contribution in [3.63, 3.8) is 0 Å². The van der Waals surface area contributed by atoms with Gasteiger partial charge in [-0.15, -0.1) is 0 Å². The fourth-order valence-corrected chi connectivity index (χ4v) is 8.40. The highest BCUT2D eigenvalue weighted by Gasteiger charge is 2.45. The summed E-state index contributed by atoms with van der Waals surface area (Å²) in [5.41, 5.74) is 11.7. The second kappa shape index (κ2) is 11.5. The molecule has 5 aromatic rings. The summed E-state index contributed by atoms with van der Waals surface area (Å²) in [6, 6.07) is 24.3. The van der Waals surface area contributed by atoms with E-state index in [0.29, 0.717) is 24.0 Å². The fourth-order valence-electron chi connectivity index (χ4n) is 8.40. The quantitative estimate of drug-likeness (QED) is 0.215. The number of nitrogens with zero attached hydrogens (tertiary/aromatic N) is 4. The third-order valence-corrected chi connectivity index (χ3v) is 10.8. The SMILES string of the molecule is [HH].c1cnc(-c2ccc(-c3[nH]nc4ncc(-c5ccc6c(c5)CC[C@@H](N5C7COCC5C7)CC6)cc34)cc2)c(C2CCOCC2)c1. The highest BCUT2D eigenvalue weighted by Crippen LogP contribution is 2.39. The van der Waals surface area contributed by atoms with Gasteiger partial charge in [0.05, 0.1) is 24.6 Å². The molecule has 2 bridgehead atoms. The Labute approximate surface area is 265 Å². The van der Waals surface area contributed by atoms with E-state index in [1.807, 2.05) is 12.4 Å². The molecule has 1 aliphatic carbocycles. The van der Waals surface area contributed by atoms with Gasteiger partial charge in [-0.25, -0.2) is 4.98 Å². The summed E-state index contributed by atoms with van der Waals surface area (Å²) in [5.74, 6) is 0.493. The van der Waals surface area contributed by atoms with Crippen LogP contribution in [0.15, 0.2) is 73.1 Å². The van der Waals surface area contributed by atoms with E-state index in [9.17, 15) is 0 Å². The summed E-state index contributed by atoms with van der Waals surface area (Å²) in [6.07, 6.45) is 12.1. The third-order valence-electron chi connectivity index (χ3n) is 10.8. The lowest BCUT2D eigenvalue weighted by Crippen LogP contribution is -2.66. The molecule has 2 aromatic carbocycles. The Morgan fingerprint density at radius 1 is 0.733 bits per heavy atom. The number of aryl methyl sites for hydroxylation is 2. The van der Waals surface area contributed by atoms with Crippen LogP contribution in [-0.2, 0) is 22.3 Å². The van der Waals surface area contributed by atoms with Crippen LogP contribution in [0.25, 0.3) is 44.7 Å². The van der Waals surface area contributed by atoms with Crippen molar-refractivity contribution in [2.24, 2.45) is 0 Å². The van der Waals surface area contributed by atoms with Crippen LogP contribution in [0, 0.1) is 0 Å². The molecule has 7 heteroatoms. The molecule has 0 spiro atoms. The zero-order valence-corrected chi connectivity index (χ0v) is 25.6. The Balaban J connectivity index is 0.00000312. The second-order valence-electron chi connectivity index (χ2n) is 13.3.